The molecule has 0 unspecified atom stereocenters. The number of ether oxygens (including phenoxy) is 3. The Morgan fingerprint density at radius 2 is 1.81 bits per heavy atom. The number of fused-ring (bicyclic) bond motifs is 1. The van der Waals surface area contributed by atoms with Gasteiger partial charge in [-0.05, 0) is 54.8 Å². The molecule has 8 nitrogen and oxygen atoms in total. The molecule has 3 rings (SSSR count). The average Bonchev–Trinajstić information content (AvgIpc) is 3.13. The Morgan fingerprint density at radius 1 is 1.00 bits per heavy atom. The van der Waals surface area contributed by atoms with Crippen LogP contribution in [0.2, 0.25) is 0 Å². The van der Waals surface area contributed by atoms with Crippen LogP contribution in [-0.2, 0) is 11.3 Å². The van der Waals surface area contributed by atoms with Crippen molar-refractivity contribution in [1.29, 1.82) is 0 Å². The van der Waals surface area contributed by atoms with Crippen LogP contribution in [-0.4, -0.2) is 25.3 Å². The van der Waals surface area contributed by atoms with Crippen LogP contribution in [0.15, 0.2) is 36.4 Å². The fourth-order valence-electron chi connectivity index (χ4n) is 2.39. The van der Waals surface area contributed by atoms with Gasteiger partial charge in [0.05, 0.1) is 0 Å². The number of carbonyl (C=O) groups is 2. The van der Waals surface area contributed by atoms with Gasteiger partial charge in [-0.1, -0.05) is 12.1 Å². The summed E-state index contributed by atoms with van der Waals surface area (Å²) in [7, 11) is 0. The Hall–Kier alpha value is -3.42. The van der Waals surface area contributed by atoms with E-state index >= 15 is 0 Å². The lowest BCUT2D eigenvalue weighted by Gasteiger charge is -2.11. The van der Waals surface area contributed by atoms with Crippen molar-refractivity contribution >= 4 is 11.9 Å². The van der Waals surface area contributed by atoms with Gasteiger partial charge in [-0.3, -0.25) is 10.2 Å². The lowest BCUT2D eigenvalue weighted by atomic mass is 10.1. The highest BCUT2D eigenvalue weighted by molar-refractivity contribution is 5.81. The van der Waals surface area contributed by atoms with Crippen LogP contribution in [0, 0.1) is 13.8 Å². The largest absolute Gasteiger partial charge is 0.484 e. The van der Waals surface area contributed by atoms with E-state index in [0.29, 0.717) is 17.2 Å². The highest BCUT2D eigenvalue weighted by atomic mass is 16.7. The van der Waals surface area contributed by atoms with Gasteiger partial charge < -0.3 is 19.5 Å². The molecule has 1 aliphatic rings. The van der Waals surface area contributed by atoms with Crippen LogP contribution in [0.25, 0.3) is 0 Å². The molecule has 1 aliphatic heterocycles. The van der Waals surface area contributed by atoms with Gasteiger partial charge in [0.1, 0.15) is 5.75 Å². The molecule has 3 amide bonds. The van der Waals surface area contributed by atoms with Gasteiger partial charge in [0.25, 0.3) is 5.91 Å². The summed E-state index contributed by atoms with van der Waals surface area (Å²) in [4.78, 5) is 23.5. The third kappa shape index (κ3) is 5.04. The molecule has 0 radical (unpaired) electrons. The van der Waals surface area contributed by atoms with Crippen LogP contribution in [0.3, 0.4) is 0 Å². The quantitative estimate of drug-likeness (QED) is 0.698. The molecule has 27 heavy (non-hydrogen) atoms. The normalized spacial score (nSPS) is 11.6. The Bertz CT molecular complexity index is 853. The molecular weight excluding hydrogens is 350 g/mol. The molecule has 0 saturated heterocycles. The maximum atomic E-state index is 11.8. The second kappa shape index (κ2) is 8.31. The summed E-state index contributed by atoms with van der Waals surface area (Å²) in [6.07, 6.45) is 0. The van der Waals surface area contributed by atoms with E-state index in [0.717, 1.165) is 16.7 Å². The SMILES string of the molecule is Cc1ccc(OCC(=O)NNC(=O)NCc2ccc3c(c2)OCO3)cc1C. The van der Waals surface area contributed by atoms with E-state index < -0.39 is 11.9 Å². The zero-order chi connectivity index (χ0) is 19.2. The van der Waals surface area contributed by atoms with Crippen LogP contribution in [0.1, 0.15) is 16.7 Å². The standard InChI is InChI=1S/C19H21N3O5/c1-12-3-5-15(7-13(12)2)25-10-18(23)21-22-19(24)20-9-14-4-6-16-17(8-14)27-11-26-16/h3-8H,9-11H2,1-2H3,(H,21,23)(H2,20,22,24). The van der Waals surface area contributed by atoms with Crippen molar-refractivity contribution in [2.24, 2.45) is 0 Å². The van der Waals surface area contributed by atoms with E-state index in [1.54, 1.807) is 18.2 Å². The van der Waals surface area contributed by atoms with Crippen molar-refractivity contribution in [3.8, 4) is 17.2 Å². The number of urea groups is 1. The number of aryl methyl sites for hydroxylation is 2. The van der Waals surface area contributed by atoms with Crippen molar-refractivity contribution in [2.75, 3.05) is 13.4 Å². The van der Waals surface area contributed by atoms with E-state index in [2.05, 4.69) is 16.2 Å². The molecule has 0 bridgehead atoms. The zero-order valence-corrected chi connectivity index (χ0v) is 15.1. The third-order valence-corrected chi connectivity index (χ3v) is 4.05. The smallest absolute Gasteiger partial charge is 0.333 e. The molecule has 142 valence electrons. The molecule has 3 N–H and O–H groups in total. The summed E-state index contributed by atoms with van der Waals surface area (Å²) < 4.78 is 15.9. The lowest BCUT2D eigenvalue weighted by Crippen LogP contribution is -2.48. The van der Waals surface area contributed by atoms with Gasteiger partial charge in [0.15, 0.2) is 18.1 Å². The summed E-state index contributed by atoms with van der Waals surface area (Å²) in [5.74, 6) is 1.46. The minimum atomic E-state index is -0.535. The van der Waals surface area contributed by atoms with Crippen LogP contribution in [0.4, 0.5) is 4.79 Å². The van der Waals surface area contributed by atoms with Gasteiger partial charge in [-0.15, -0.1) is 0 Å². The number of rotatable bonds is 5. The fourth-order valence-corrected chi connectivity index (χ4v) is 2.39. The van der Waals surface area contributed by atoms with E-state index in [1.165, 1.54) is 0 Å². The maximum absolute atomic E-state index is 11.8. The molecular formula is C19H21N3O5. The Morgan fingerprint density at radius 3 is 2.63 bits per heavy atom. The number of hydrogen-bond donors (Lipinski definition) is 3. The first-order valence-electron chi connectivity index (χ1n) is 8.42. The molecule has 0 aliphatic carbocycles. The first-order valence-corrected chi connectivity index (χ1v) is 8.42. The summed E-state index contributed by atoms with van der Waals surface area (Å²) in [5, 5.41) is 2.63. The molecule has 0 atom stereocenters. The average molecular weight is 371 g/mol. The molecule has 0 spiro atoms. The lowest BCUT2D eigenvalue weighted by molar-refractivity contribution is -0.123. The summed E-state index contributed by atoms with van der Waals surface area (Å²) in [6, 6.07) is 10.4. The van der Waals surface area contributed by atoms with Gasteiger partial charge in [-0.25, -0.2) is 10.2 Å². The number of amides is 3. The summed E-state index contributed by atoms with van der Waals surface area (Å²) >= 11 is 0. The molecule has 2 aromatic carbocycles. The topological polar surface area (TPSA) is 97.9 Å². The van der Waals surface area contributed by atoms with Crippen LogP contribution >= 0.6 is 0 Å². The number of carbonyl (C=O) groups excluding carboxylic acids is 2. The maximum Gasteiger partial charge on any atom is 0.333 e. The molecule has 0 fully saturated rings. The summed E-state index contributed by atoms with van der Waals surface area (Å²) in [6.45, 7) is 4.23. The minimum absolute atomic E-state index is 0.197. The van der Waals surface area contributed by atoms with Gasteiger partial charge >= 0.3 is 6.03 Å². The first kappa shape index (κ1) is 18.4. The number of hydrazine groups is 1. The van der Waals surface area contributed by atoms with Gasteiger partial charge in [-0.2, -0.15) is 0 Å². The molecule has 2 aromatic rings. The Balaban J connectivity index is 1.37. The second-order valence-electron chi connectivity index (χ2n) is 6.08. The second-order valence-corrected chi connectivity index (χ2v) is 6.08. The summed E-state index contributed by atoms with van der Waals surface area (Å²) in [5.41, 5.74) is 7.63. The van der Waals surface area contributed by atoms with Crippen molar-refractivity contribution in [3.63, 3.8) is 0 Å². The highest BCUT2D eigenvalue weighted by Crippen LogP contribution is 2.32. The van der Waals surface area contributed by atoms with Crippen LogP contribution < -0.4 is 30.4 Å². The molecule has 0 saturated carbocycles. The monoisotopic (exact) mass is 371 g/mol. The predicted octanol–water partition coefficient (Wildman–Crippen LogP) is 1.94. The van der Waals surface area contributed by atoms with Crippen LogP contribution in [0.5, 0.6) is 17.2 Å². The predicted molar refractivity (Wildman–Crippen MR) is 97.5 cm³/mol. The molecule has 0 aromatic heterocycles. The molecule has 1 heterocycles. The number of nitrogens with one attached hydrogen (secondary N) is 3. The Labute approximate surface area is 156 Å². The van der Waals surface area contributed by atoms with Gasteiger partial charge in [0.2, 0.25) is 6.79 Å². The van der Waals surface area contributed by atoms with Crippen molar-refractivity contribution in [1.82, 2.24) is 16.2 Å². The van der Waals surface area contributed by atoms with Crippen molar-refractivity contribution in [2.45, 2.75) is 20.4 Å². The highest BCUT2D eigenvalue weighted by Gasteiger charge is 2.13. The first-order chi connectivity index (χ1) is 13.0. The third-order valence-electron chi connectivity index (χ3n) is 4.05. The van der Waals surface area contributed by atoms with Crippen molar-refractivity contribution < 1.29 is 23.8 Å². The zero-order valence-electron chi connectivity index (χ0n) is 15.1. The minimum Gasteiger partial charge on any atom is -0.484 e. The van der Waals surface area contributed by atoms with E-state index in [-0.39, 0.29) is 19.9 Å². The Kier molecular flexibility index (Phi) is 5.65. The number of benzene rings is 2. The molecule has 8 heteroatoms. The fraction of sp³-hybridized carbons (Fsp3) is 0.263. The van der Waals surface area contributed by atoms with E-state index in [1.807, 2.05) is 32.0 Å². The van der Waals surface area contributed by atoms with Crippen molar-refractivity contribution in [3.05, 3.63) is 53.1 Å². The van der Waals surface area contributed by atoms with Gasteiger partial charge in [0, 0.05) is 6.54 Å². The van der Waals surface area contributed by atoms with E-state index in [9.17, 15) is 9.59 Å². The number of hydrogen-bond acceptors (Lipinski definition) is 5. The van der Waals surface area contributed by atoms with E-state index in [4.69, 9.17) is 14.2 Å².